The van der Waals surface area contributed by atoms with Crippen molar-refractivity contribution in [3.05, 3.63) is 81.9 Å². The fraction of sp³-hybridized carbons (Fsp3) is 0.296. The van der Waals surface area contributed by atoms with E-state index in [-0.39, 0.29) is 17.4 Å². The number of rotatable bonds is 5. The van der Waals surface area contributed by atoms with Crippen LogP contribution in [0.5, 0.6) is 0 Å². The molecule has 1 saturated heterocycles. The summed E-state index contributed by atoms with van der Waals surface area (Å²) < 4.78 is 7.11. The summed E-state index contributed by atoms with van der Waals surface area (Å²) in [6.45, 7) is 2.28. The molecule has 4 nitrogen and oxygen atoms in total. The molecule has 0 radical (unpaired) electrons. The Hall–Kier alpha value is -2.44. The van der Waals surface area contributed by atoms with Crippen molar-refractivity contribution >= 4 is 45.4 Å². The highest BCUT2D eigenvalue weighted by Gasteiger charge is 2.43. The predicted molar refractivity (Wildman–Crippen MR) is 140 cm³/mol. The van der Waals surface area contributed by atoms with E-state index in [1.54, 1.807) is 11.8 Å². The van der Waals surface area contributed by atoms with Crippen LogP contribution in [0.25, 0.3) is 17.4 Å². The number of halogens is 1. The summed E-state index contributed by atoms with van der Waals surface area (Å²) >= 11 is 5.05. The number of nitrogens with one attached hydrogen (secondary N) is 1. The Morgan fingerprint density at radius 1 is 1.03 bits per heavy atom. The first-order valence-electron chi connectivity index (χ1n) is 11.5. The zero-order chi connectivity index (χ0) is 22.8. The van der Waals surface area contributed by atoms with E-state index in [9.17, 15) is 4.79 Å². The summed E-state index contributed by atoms with van der Waals surface area (Å²) in [5.41, 5.74) is 1.90. The summed E-state index contributed by atoms with van der Waals surface area (Å²) in [6, 6.07) is 22.3. The average molecular weight is 523 g/mol. The zero-order valence-electron chi connectivity index (χ0n) is 18.5. The molecule has 2 heterocycles. The molecule has 1 aliphatic heterocycles. The van der Waals surface area contributed by atoms with Gasteiger partial charge in [-0.3, -0.25) is 4.79 Å². The van der Waals surface area contributed by atoms with Gasteiger partial charge in [0.15, 0.2) is 5.50 Å². The topological polar surface area (TPSA) is 45.5 Å². The molecule has 3 atom stereocenters. The second-order valence-corrected chi connectivity index (χ2v) is 10.8. The fourth-order valence-electron chi connectivity index (χ4n) is 4.70. The smallest absolute Gasteiger partial charge is 0.263 e. The van der Waals surface area contributed by atoms with Crippen LogP contribution >= 0.6 is 27.7 Å². The normalized spacial score (nSPS) is 24.4. The highest BCUT2D eigenvalue weighted by molar-refractivity contribution is 9.10. The molecule has 2 aliphatic rings. The van der Waals surface area contributed by atoms with Gasteiger partial charge >= 0.3 is 0 Å². The van der Waals surface area contributed by atoms with E-state index in [0.717, 1.165) is 32.8 Å². The van der Waals surface area contributed by atoms with Crippen molar-refractivity contribution in [3.63, 3.8) is 0 Å². The fourth-order valence-corrected chi connectivity index (χ4v) is 6.15. The average Bonchev–Trinajstić information content (AvgIpc) is 3.40. The van der Waals surface area contributed by atoms with Crippen molar-refractivity contribution in [2.45, 2.75) is 44.1 Å². The standard InChI is InChI=1S/C27H27BrN2O2S/c1-18-7-5-6-10-23(18)30-26(31)25(33-27(30)29-21-8-3-2-4-9-21)17-22-15-16-24(32-22)19-11-13-20(28)14-12-19/h2-4,8-9,11-18,23,27,29H,5-7,10H2,1H3/b25-17-/t18-,23-,27?/m0/s1. The van der Waals surface area contributed by atoms with Gasteiger partial charge in [0.1, 0.15) is 11.5 Å². The molecule has 1 unspecified atom stereocenters. The molecule has 2 fully saturated rings. The SMILES string of the molecule is C[C@H]1CCCC[C@@H]1N1C(=O)/C(=C/c2ccc(-c3ccc(Br)cc3)o2)SC1Nc1ccccc1. The van der Waals surface area contributed by atoms with Gasteiger partial charge < -0.3 is 14.6 Å². The van der Waals surface area contributed by atoms with Gasteiger partial charge in [0.25, 0.3) is 5.91 Å². The van der Waals surface area contributed by atoms with Gasteiger partial charge in [-0.1, -0.05) is 77.8 Å². The van der Waals surface area contributed by atoms with Crippen LogP contribution in [-0.2, 0) is 4.79 Å². The van der Waals surface area contributed by atoms with E-state index in [1.807, 2.05) is 72.8 Å². The minimum Gasteiger partial charge on any atom is -0.457 e. The quantitative estimate of drug-likeness (QED) is 0.350. The van der Waals surface area contributed by atoms with Crippen molar-refractivity contribution in [1.29, 1.82) is 0 Å². The zero-order valence-corrected chi connectivity index (χ0v) is 20.9. The Balaban J connectivity index is 1.42. The number of para-hydroxylation sites is 1. The number of furan rings is 1. The van der Waals surface area contributed by atoms with E-state index in [1.165, 1.54) is 19.3 Å². The maximum Gasteiger partial charge on any atom is 0.263 e. The third-order valence-corrected chi connectivity index (χ3v) is 8.10. The van der Waals surface area contributed by atoms with Crippen LogP contribution in [0, 0.1) is 5.92 Å². The maximum atomic E-state index is 13.6. The van der Waals surface area contributed by atoms with Gasteiger partial charge in [-0.2, -0.15) is 0 Å². The predicted octanol–water partition coefficient (Wildman–Crippen LogP) is 7.60. The number of nitrogens with zero attached hydrogens (tertiary/aromatic N) is 1. The Labute approximate surface area is 207 Å². The number of thioether (sulfide) groups is 1. The third-order valence-electron chi connectivity index (χ3n) is 6.45. The van der Waals surface area contributed by atoms with Crippen LogP contribution < -0.4 is 5.32 Å². The molecule has 1 N–H and O–H groups in total. The van der Waals surface area contributed by atoms with E-state index in [2.05, 4.69) is 33.1 Å². The lowest BCUT2D eigenvalue weighted by atomic mass is 9.85. The van der Waals surface area contributed by atoms with Crippen LogP contribution in [0.15, 0.2) is 80.5 Å². The summed E-state index contributed by atoms with van der Waals surface area (Å²) in [6.07, 6.45) is 6.54. The van der Waals surface area contributed by atoms with Crippen LogP contribution in [-0.4, -0.2) is 22.3 Å². The summed E-state index contributed by atoms with van der Waals surface area (Å²) in [4.78, 5) is 16.4. The van der Waals surface area contributed by atoms with E-state index >= 15 is 0 Å². The number of hydrogen-bond donors (Lipinski definition) is 1. The first kappa shape index (κ1) is 22.4. The molecule has 3 aromatic rings. The lowest BCUT2D eigenvalue weighted by Gasteiger charge is -2.39. The Kier molecular flexibility index (Phi) is 6.65. The monoisotopic (exact) mass is 522 g/mol. The van der Waals surface area contributed by atoms with Gasteiger partial charge in [-0.05, 0) is 55.2 Å². The second kappa shape index (κ2) is 9.82. The first-order valence-corrected chi connectivity index (χ1v) is 13.1. The molecule has 6 heteroatoms. The largest absolute Gasteiger partial charge is 0.457 e. The number of carbonyl (C=O) groups is 1. The molecule has 170 valence electrons. The molecule has 0 bridgehead atoms. The highest BCUT2D eigenvalue weighted by Crippen LogP contribution is 2.42. The van der Waals surface area contributed by atoms with Gasteiger partial charge in [0.05, 0.1) is 4.91 Å². The Bertz CT molecular complexity index is 1140. The van der Waals surface area contributed by atoms with Gasteiger partial charge in [-0.15, -0.1) is 0 Å². The summed E-state index contributed by atoms with van der Waals surface area (Å²) in [5.74, 6) is 2.08. The Morgan fingerprint density at radius 2 is 1.79 bits per heavy atom. The van der Waals surface area contributed by atoms with Gasteiger partial charge in [0, 0.05) is 27.8 Å². The number of amides is 1. The Morgan fingerprint density at radius 3 is 2.55 bits per heavy atom. The third kappa shape index (κ3) is 4.92. The van der Waals surface area contributed by atoms with Crippen LogP contribution in [0.3, 0.4) is 0 Å². The molecule has 0 spiro atoms. The van der Waals surface area contributed by atoms with Gasteiger partial charge in [0.2, 0.25) is 0 Å². The molecular weight excluding hydrogens is 496 g/mol. The minimum absolute atomic E-state index is 0.0915. The molecule has 2 aromatic carbocycles. The maximum absolute atomic E-state index is 13.6. The van der Waals surface area contributed by atoms with Crippen molar-refractivity contribution in [3.8, 4) is 11.3 Å². The molecule has 1 saturated carbocycles. The van der Waals surface area contributed by atoms with E-state index < -0.39 is 0 Å². The highest BCUT2D eigenvalue weighted by atomic mass is 79.9. The molecule has 1 aromatic heterocycles. The van der Waals surface area contributed by atoms with Crippen molar-refractivity contribution in [1.82, 2.24) is 4.90 Å². The first-order chi connectivity index (χ1) is 16.1. The number of anilines is 1. The van der Waals surface area contributed by atoms with E-state index in [4.69, 9.17) is 4.42 Å². The van der Waals surface area contributed by atoms with E-state index in [0.29, 0.717) is 11.7 Å². The molecule has 5 rings (SSSR count). The van der Waals surface area contributed by atoms with Crippen LogP contribution in [0.2, 0.25) is 0 Å². The lowest BCUT2D eigenvalue weighted by molar-refractivity contribution is -0.129. The van der Waals surface area contributed by atoms with Crippen molar-refractivity contribution < 1.29 is 9.21 Å². The van der Waals surface area contributed by atoms with Crippen molar-refractivity contribution in [2.24, 2.45) is 5.92 Å². The van der Waals surface area contributed by atoms with Crippen molar-refractivity contribution in [2.75, 3.05) is 5.32 Å². The number of hydrogen-bond acceptors (Lipinski definition) is 4. The number of benzene rings is 2. The minimum atomic E-state index is -0.127. The summed E-state index contributed by atoms with van der Waals surface area (Å²) in [7, 11) is 0. The number of carbonyl (C=O) groups excluding carboxylic acids is 1. The molecule has 33 heavy (non-hydrogen) atoms. The van der Waals surface area contributed by atoms with Crippen LogP contribution in [0.1, 0.15) is 38.4 Å². The van der Waals surface area contributed by atoms with Gasteiger partial charge in [-0.25, -0.2) is 0 Å². The molecular formula is C27H27BrN2O2S. The second-order valence-electron chi connectivity index (χ2n) is 8.74. The molecule has 1 amide bonds. The summed E-state index contributed by atoms with van der Waals surface area (Å²) in [5, 5.41) is 3.58. The van der Waals surface area contributed by atoms with Crippen LogP contribution in [0.4, 0.5) is 5.69 Å². The lowest BCUT2D eigenvalue weighted by Crippen LogP contribution is -2.48. The molecule has 1 aliphatic carbocycles.